The van der Waals surface area contributed by atoms with E-state index in [0.717, 1.165) is 30.5 Å². The van der Waals surface area contributed by atoms with Crippen LogP contribution in [0.2, 0.25) is 0 Å². The second kappa shape index (κ2) is 39.8. The summed E-state index contributed by atoms with van der Waals surface area (Å²) in [6, 6.07) is 16.3. The number of carbonyl (C=O) groups excluding carboxylic acids is 8. The Kier molecular flexibility index (Phi) is 37.6. The molecule has 2 aromatic carbocycles. The smallest absolute Gasteiger partial charge is 0.408 e. The zero-order valence-corrected chi connectivity index (χ0v) is 49.5. The molecule has 1 aliphatic heterocycles. The van der Waals surface area contributed by atoms with Crippen LogP contribution in [0.5, 0.6) is 0 Å². The third kappa shape index (κ3) is 39.5. The van der Waals surface area contributed by atoms with Crippen LogP contribution in [0.15, 0.2) is 60.7 Å². The molecular weight excluding hydrogens is 1120 g/mol. The fraction of sp³-hybridized carbons (Fsp3) is 0.600. The van der Waals surface area contributed by atoms with Crippen molar-refractivity contribution in [1.29, 1.82) is 0 Å². The summed E-state index contributed by atoms with van der Waals surface area (Å²) in [5, 5.41) is 25.2. The Morgan fingerprint density at radius 3 is 1.46 bits per heavy atom. The largest absolute Gasteiger partial charge is 0.480 e. The minimum absolute atomic E-state index is 0. The first-order valence-electron chi connectivity index (χ1n) is 25.8. The van der Waals surface area contributed by atoms with Gasteiger partial charge in [0.15, 0.2) is 5.78 Å². The average molecular weight is 1210 g/mol. The summed E-state index contributed by atoms with van der Waals surface area (Å²) in [6.07, 6.45) is -0.498. The Labute approximate surface area is 481 Å². The van der Waals surface area contributed by atoms with Gasteiger partial charge in [-0.25, -0.2) is 28.8 Å². The van der Waals surface area contributed by atoms with Crippen LogP contribution in [0.25, 0.3) is 0 Å². The van der Waals surface area contributed by atoms with Crippen LogP contribution in [0.1, 0.15) is 140 Å². The number of carboxylic acid groups (broad SMARTS) is 1. The van der Waals surface area contributed by atoms with Gasteiger partial charge in [0.05, 0.1) is 25.7 Å². The summed E-state index contributed by atoms with van der Waals surface area (Å²) in [4.78, 5) is 106. The van der Waals surface area contributed by atoms with Gasteiger partial charge in [-0.05, 0) is 132 Å². The summed E-state index contributed by atoms with van der Waals surface area (Å²) in [6.45, 7) is 21.2. The molecule has 0 unspecified atom stereocenters. The van der Waals surface area contributed by atoms with Crippen LogP contribution in [-0.2, 0) is 86.0 Å². The fourth-order valence-electron chi connectivity index (χ4n) is 6.69. The van der Waals surface area contributed by atoms with Crippen LogP contribution in [0.4, 0.5) is 24.0 Å². The summed E-state index contributed by atoms with van der Waals surface area (Å²) in [5.74, 6) is -2.56. The molecule has 24 heteroatoms. The van der Waals surface area contributed by atoms with E-state index >= 15 is 0 Å². The maximum absolute atomic E-state index is 12.4. The van der Waals surface area contributed by atoms with E-state index in [1.165, 1.54) is 0 Å². The molecule has 79 heavy (non-hydrogen) atoms. The molecule has 0 aliphatic carbocycles. The Morgan fingerprint density at radius 1 is 0.608 bits per heavy atom. The van der Waals surface area contributed by atoms with Crippen molar-refractivity contribution in [3.05, 3.63) is 79.2 Å². The fourth-order valence-corrected chi connectivity index (χ4v) is 6.69. The van der Waals surface area contributed by atoms with Gasteiger partial charge < -0.3 is 77.6 Å². The third-order valence-electron chi connectivity index (χ3n) is 9.97. The Morgan fingerprint density at radius 2 is 1.03 bits per heavy atom. The minimum Gasteiger partial charge on any atom is -0.480 e. The Bertz CT molecular complexity index is 2140. The van der Waals surface area contributed by atoms with Gasteiger partial charge >= 0.3 is 48.4 Å². The molecule has 0 radical (unpaired) electrons. The topological polar surface area (TPSA) is 311 Å². The molecule has 5 amide bonds. The van der Waals surface area contributed by atoms with Crippen molar-refractivity contribution in [2.75, 3.05) is 32.8 Å². The minimum atomic E-state index is -1.16. The first-order chi connectivity index (χ1) is 36.1. The number of nitrogens with one attached hydrogen (secondary N) is 6. The van der Waals surface area contributed by atoms with Crippen LogP contribution >= 0.6 is 0 Å². The molecule has 0 aromatic heterocycles. The van der Waals surface area contributed by atoms with E-state index in [-0.39, 0.29) is 99.5 Å². The Hall–Kier alpha value is -6.51. The summed E-state index contributed by atoms with van der Waals surface area (Å²) in [5.41, 5.74) is -0.234. The maximum Gasteiger partial charge on any atom is 0.408 e. The molecule has 0 bridgehead atoms. The number of ether oxygens (including phenoxy) is 7. The van der Waals surface area contributed by atoms with Gasteiger partial charge in [0.1, 0.15) is 42.5 Å². The number of aliphatic carboxylic acids is 1. The molecule has 7 N–H and O–H groups in total. The molecule has 1 saturated heterocycles. The van der Waals surface area contributed by atoms with E-state index < -0.39 is 83.5 Å². The molecule has 1 fully saturated rings. The predicted octanol–water partition coefficient (Wildman–Crippen LogP) is 8.06. The van der Waals surface area contributed by atoms with Crippen LogP contribution in [0.3, 0.4) is 0 Å². The van der Waals surface area contributed by atoms with Gasteiger partial charge in [-0.3, -0.25) is 14.4 Å². The maximum atomic E-state index is 12.4. The van der Waals surface area contributed by atoms with Crippen molar-refractivity contribution in [2.24, 2.45) is 0 Å². The van der Waals surface area contributed by atoms with E-state index in [1.54, 1.807) is 55.4 Å². The number of carboxylic acids is 1. The summed E-state index contributed by atoms with van der Waals surface area (Å²) < 4.78 is 35.4. The molecular formula is C55H89N6O17Pd-. The van der Waals surface area contributed by atoms with Gasteiger partial charge in [0.25, 0.3) is 0 Å². The quantitative estimate of drug-likeness (QED) is 0.0138. The normalized spacial score (nSPS) is 14.4. The molecule has 1 aliphatic rings. The van der Waals surface area contributed by atoms with Gasteiger partial charge in [0, 0.05) is 47.0 Å². The molecule has 2 aromatic rings. The number of piperidine rings is 1. The van der Waals surface area contributed by atoms with Crippen LogP contribution in [-0.4, -0.2) is 133 Å². The van der Waals surface area contributed by atoms with Gasteiger partial charge in [-0.2, -0.15) is 0 Å². The Balaban J connectivity index is -0.00000111. The van der Waals surface area contributed by atoms with E-state index in [2.05, 4.69) is 31.9 Å². The van der Waals surface area contributed by atoms with E-state index in [9.17, 15) is 43.2 Å². The molecule has 1 heterocycles. The molecule has 0 saturated carbocycles. The molecule has 23 nitrogen and oxygen atoms in total. The van der Waals surface area contributed by atoms with Gasteiger partial charge in [-0.1, -0.05) is 60.7 Å². The second-order valence-corrected chi connectivity index (χ2v) is 20.4. The molecule has 3 rings (SSSR count). The second-order valence-electron chi connectivity index (χ2n) is 20.4. The SMILES string of the molecule is CC(C)(C)OC(=O)N[C@@H](CCCNC(=O)OCc1ccccc1)C(=O)O.CCOC(=O)CC(=O)[C@H](CCCNC(=O)OCc1ccccc1)NC(=O)OC(C)(C)C.CCOC(=O)C[C@H]1NCCC[C@@H]1NC(=O)OC(C)(C)C.[CH3-].[HH].[Pd]. The van der Waals surface area contributed by atoms with Crippen molar-refractivity contribution in [3.63, 3.8) is 0 Å². The number of carbonyl (C=O) groups is 9. The van der Waals surface area contributed by atoms with Crippen LogP contribution < -0.4 is 31.9 Å². The third-order valence-corrected chi connectivity index (χ3v) is 9.97. The number of hydrogen-bond acceptors (Lipinski definition) is 17. The van der Waals surface area contributed by atoms with E-state index in [1.807, 2.05) is 81.4 Å². The zero-order valence-electron chi connectivity index (χ0n) is 48.0. The predicted molar refractivity (Wildman–Crippen MR) is 292 cm³/mol. The van der Waals surface area contributed by atoms with Gasteiger partial charge in [-0.15, -0.1) is 0 Å². The number of rotatable bonds is 23. The molecule has 452 valence electrons. The standard InChI is InChI=1S/C22H32N2O7.C18H26N2O6.C14H26N2O4.CH3.Pd.H2/c1-5-29-19(26)14-18(25)17(24-21(28)31-22(2,3)4)12-9-13-23-20(27)30-15-16-10-7-6-8-11-16;1-18(2,3)26-17(24)20-14(15(21)22)10-7-11-19-16(23)25-12-13-8-5-4-6-9-13;1-5-19-12(17)9-11-10(7-6-8-15-11)16-13(18)20-14(2,3)4;;;/h6-8,10-11,17H,5,9,12-15H2,1-4H3,(H,23,27)(H,24,28);4-6,8-9,14H,7,10-12H2,1-3H3,(H,19,23)(H,20,24)(H,21,22);10-11,15H,5-9H2,1-4H3,(H,16,18);1H3;;1H/q;;;-1;;/t17-;14-;10-,11+;;;/m000.../s1. The number of ketones is 1. The zero-order chi connectivity index (χ0) is 58.0. The number of hydrogen-bond donors (Lipinski definition) is 7. The summed E-state index contributed by atoms with van der Waals surface area (Å²) >= 11 is 0. The monoisotopic (exact) mass is 1210 g/mol. The number of benzene rings is 2. The van der Waals surface area contributed by atoms with Crippen molar-refractivity contribution >= 4 is 54.2 Å². The summed E-state index contributed by atoms with van der Waals surface area (Å²) in [7, 11) is 0. The first kappa shape index (κ1) is 74.6. The van der Waals surface area contributed by atoms with Crippen molar-refractivity contribution in [1.82, 2.24) is 31.9 Å². The molecule has 4 atom stereocenters. The van der Waals surface area contributed by atoms with Crippen molar-refractivity contribution in [3.8, 4) is 0 Å². The number of Topliss-reactive ketones (excluding diaryl/α,β-unsaturated/α-hetero) is 1. The van der Waals surface area contributed by atoms with Crippen molar-refractivity contribution in [2.45, 2.75) is 182 Å². The number of esters is 2. The van der Waals surface area contributed by atoms with Crippen molar-refractivity contribution < 1.29 is 103 Å². The number of alkyl carbamates (subject to hydrolysis) is 5. The van der Waals surface area contributed by atoms with E-state index in [0.29, 0.717) is 19.4 Å². The first-order valence-corrected chi connectivity index (χ1v) is 25.8. The molecule has 0 spiro atoms. The number of amides is 5. The average Bonchev–Trinajstić information content (AvgIpc) is 3.32. The van der Waals surface area contributed by atoms with E-state index in [4.69, 9.17) is 38.3 Å². The van der Waals surface area contributed by atoms with Crippen LogP contribution in [0, 0.1) is 7.43 Å². The van der Waals surface area contributed by atoms with Gasteiger partial charge in [0.2, 0.25) is 0 Å².